The zero-order valence-electron chi connectivity index (χ0n) is 9.84. The van der Waals surface area contributed by atoms with Crippen molar-refractivity contribution in [3.8, 4) is 0 Å². The molecule has 16 heavy (non-hydrogen) atoms. The van der Waals surface area contributed by atoms with E-state index in [1.165, 1.54) is 44.9 Å². The molecule has 1 saturated carbocycles. The van der Waals surface area contributed by atoms with E-state index in [1.807, 2.05) is 0 Å². The topological polar surface area (TPSA) is 39.3 Å². The Kier molecular flexibility index (Phi) is 5.78. The fourth-order valence-electron chi connectivity index (χ4n) is 2.63. The first-order valence-corrected chi connectivity index (χ1v) is 7.50. The molecule has 94 valence electrons. The van der Waals surface area contributed by atoms with Crippen LogP contribution in [0.4, 0.5) is 0 Å². The summed E-state index contributed by atoms with van der Waals surface area (Å²) in [4.78, 5) is 0. The van der Waals surface area contributed by atoms with Crippen molar-refractivity contribution in [3.05, 3.63) is 0 Å². The van der Waals surface area contributed by atoms with Crippen LogP contribution < -0.4 is 16.3 Å². The summed E-state index contributed by atoms with van der Waals surface area (Å²) in [6.45, 7) is 2.04. The Bertz CT molecular complexity index is 194. The normalized spacial score (nSPS) is 31.7. The van der Waals surface area contributed by atoms with E-state index in [4.69, 9.17) is 0 Å². The van der Waals surface area contributed by atoms with Crippen molar-refractivity contribution in [1.82, 2.24) is 19.5 Å². The molecular weight excluding hydrogens is 315 g/mol. The molecule has 1 aliphatic carbocycles. The minimum Gasteiger partial charge on any atom is -0.255 e. The average Bonchev–Trinajstić information content (AvgIpc) is 2.42. The van der Waals surface area contributed by atoms with Crippen LogP contribution in [0.1, 0.15) is 44.9 Å². The van der Waals surface area contributed by atoms with Crippen molar-refractivity contribution in [3.63, 3.8) is 0 Å². The number of rotatable bonds is 1. The van der Waals surface area contributed by atoms with Gasteiger partial charge in [0.25, 0.3) is 0 Å². The van der Waals surface area contributed by atoms with Gasteiger partial charge in [-0.05, 0) is 18.8 Å². The lowest BCUT2D eigenvalue weighted by Gasteiger charge is -2.30. The van der Waals surface area contributed by atoms with Crippen LogP contribution in [0.5, 0.6) is 0 Å². The van der Waals surface area contributed by atoms with E-state index in [0.29, 0.717) is 6.17 Å². The van der Waals surface area contributed by atoms with Crippen LogP contribution in [-0.2, 0) is 0 Å². The summed E-state index contributed by atoms with van der Waals surface area (Å²) in [5.41, 5.74) is 10.3. The fourth-order valence-corrected chi connectivity index (χ4v) is 3.17. The number of hydrogen-bond donors (Lipinski definition) is 3. The SMILES string of the molecule is IN1CCNNC(C2CCCCCCC2)N1. The van der Waals surface area contributed by atoms with E-state index in [-0.39, 0.29) is 0 Å². The van der Waals surface area contributed by atoms with E-state index in [1.54, 1.807) is 0 Å². The van der Waals surface area contributed by atoms with Gasteiger partial charge in [0, 0.05) is 36.0 Å². The molecule has 0 spiro atoms. The maximum Gasteiger partial charge on any atom is 0.0869 e. The molecule has 1 aliphatic heterocycles. The predicted octanol–water partition coefficient (Wildman–Crippen LogP) is 1.94. The first-order chi connectivity index (χ1) is 7.86. The number of hydrazine groups is 2. The highest BCUT2D eigenvalue weighted by atomic mass is 127. The van der Waals surface area contributed by atoms with E-state index >= 15 is 0 Å². The third kappa shape index (κ3) is 4.10. The molecular formula is C11H23IN4. The van der Waals surface area contributed by atoms with Crippen molar-refractivity contribution in [1.29, 1.82) is 0 Å². The molecule has 1 atom stereocenters. The maximum absolute atomic E-state index is 3.54. The lowest BCUT2D eigenvalue weighted by atomic mass is 9.89. The van der Waals surface area contributed by atoms with Crippen LogP contribution in [0.25, 0.3) is 0 Å². The molecule has 0 aromatic heterocycles. The molecule has 4 nitrogen and oxygen atoms in total. The van der Waals surface area contributed by atoms with Crippen LogP contribution >= 0.6 is 22.9 Å². The van der Waals surface area contributed by atoms with Gasteiger partial charge in [-0.2, -0.15) is 3.22 Å². The average molecular weight is 338 g/mol. The Morgan fingerprint density at radius 1 is 1.00 bits per heavy atom. The van der Waals surface area contributed by atoms with Gasteiger partial charge in [-0.3, -0.25) is 5.43 Å². The summed E-state index contributed by atoms with van der Waals surface area (Å²) < 4.78 is 2.17. The van der Waals surface area contributed by atoms with Crippen molar-refractivity contribution in [2.45, 2.75) is 51.1 Å². The van der Waals surface area contributed by atoms with Gasteiger partial charge in [-0.25, -0.2) is 10.9 Å². The van der Waals surface area contributed by atoms with Crippen LogP contribution in [0.3, 0.4) is 0 Å². The smallest absolute Gasteiger partial charge is 0.0869 e. The standard InChI is InChI=1S/C11H23IN4/c12-16-9-8-13-14-11(15-16)10-6-4-2-1-3-5-7-10/h10-11,13-15H,1-9H2. The summed E-state index contributed by atoms with van der Waals surface area (Å²) in [6.07, 6.45) is 10.2. The monoisotopic (exact) mass is 338 g/mol. The molecule has 1 saturated heterocycles. The van der Waals surface area contributed by atoms with Crippen molar-refractivity contribution in [2.24, 2.45) is 5.92 Å². The quantitative estimate of drug-likeness (QED) is 0.505. The van der Waals surface area contributed by atoms with Crippen molar-refractivity contribution >= 4 is 22.9 Å². The van der Waals surface area contributed by atoms with Crippen molar-refractivity contribution < 1.29 is 0 Å². The molecule has 2 rings (SSSR count). The Morgan fingerprint density at radius 2 is 1.69 bits per heavy atom. The lowest BCUT2D eigenvalue weighted by Crippen LogP contribution is -2.52. The predicted molar refractivity (Wildman–Crippen MR) is 74.6 cm³/mol. The minimum absolute atomic E-state index is 0.400. The Morgan fingerprint density at radius 3 is 2.44 bits per heavy atom. The van der Waals surface area contributed by atoms with Gasteiger partial charge in [-0.1, -0.05) is 32.1 Å². The third-order valence-electron chi connectivity index (χ3n) is 3.59. The van der Waals surface area contributed by atoms with E-state index in [2.05, 4.69) is 42.4 Å². The number of halogens is 1. The molecule has 5 heteroatoms. The van der Waals surface area contributed by atoms with Gasteiger partial charge in [0.2, 0.25) is 0 Å². The van der Waals surface area contributed by atoms with Gasteiger partial charge in [0.15, 0.2) is 0 Å². The first-order valence-electron chi connectivity index (χ1n) is 6.54. The second-order valence-corrected chi connectivity index (χ2v) is 6.03. The van der Waals surface area contributed by atoms with Crippen molar-refractivity contribution in [2.75, 3.05) is 13.1 Å². The summed E-state index contributed by atoms with van der Waals surface area (Å²) in [5, 5.41) is 0. The highest BCUT2D eigenvalue weighted by Crippen LogP contribution is 2.24. The minimum atomic E-state index is 0.400. The zero-order valence-corrected chi connectivity index (χ0v) is 12.0. The number of nitrogens with zero attached hydrogens (tertiary/aromatic N) is 1. The molecule has 0 amide bonds. The van der Waals surface area contributed by atoms with Crippen LogP contribution in [0.2, 0.25) is 0 Å². The van der Waals surface area contributed by atoms with E-state index < -0.39 is 0 Å². The van der Waals surface area contributed by atoms with Crippen LogP contribution in [0, 0.1) is 5.92 Å². The number of nitrogens with one attached hydrogen (secondary N) is 3. The Labute approximate surface area is 112 Å². The summed E-state index contributed by atoms with van der Waals surface area (Å²) in [5.74, 6) is 0.767. The van der Waals surface area contributed by atoms with E-state index in [9.17, 15) is 0 Å². The molecule has 2 aliphatic rings. The highest BCUT2D eigenvalue weighted by molar-refractivity contribution is 14.1. The van der Waals surface area contributed by atoms with Crippen LogP contribution in [-0.4, -0.2) is 22.5 Å². The largest absolute Gasteiger partial charge is 0.255 e. The molecule has 0 aromatic carbocycles. The molecule has 3 N–H and O–H groups in total. The molecule has 1 unspecified atom stereocenters. The summed E-state index contributed by atoms with van der Waals surface area (Å²) in [7, 11) is 0. The highest BCUT2D eigenvalue weighted by Gasteiger charge is 2.24. The van der Waals surface area contributed by atoms with Gasteiger partial charge in [0.1, 0.15) is 0 Å². The molecule has 1 heterocycles. The molecule has 0 radical (unpaired) electrons. The van der Waals surface area contributed by atoms with Gasteiger partial charge in [0.05, 0.1) is 6.17 Å². The third-order valence-corrected chi connectivity index (χ3v) is 4.35. The van der Waals surface area contributed by atoms with Gasteiger partial charge < -0.3 is 0 Å². The zero-order chi connectivity index (χ0) is 11.2. The Hall–Kier alpha value is 0.570. The Balaban J connectivity index is 1.86. The lowest BCUT2D eigenvalue weighted by molar-refractivity contribution is 0.201. The molecule has 0 aromatic rings. The summed E-state index contributed by atoms with van der Waals surface area (Å²) in [6, 6.07) is 0. The maximum atomic E-state index is 3.54. The van der Waals surface area contributed by atoms with Gasteiger partial charge >= 0.3 is 0 Å². The summed E-state index contributed by atoms with van der Waals surface area (Å²) >= 11 is 2.35. The van der Waals surface area contributed by atoms with Crippen LogP contribution in [0.15, 0.2) is 0 Å². The number of hydrogen-bond acceptors (Lipinski definition) is 4. The molecule has 0 bridgehead atoms. The fraction of sp³-hybridized carbons (Fsp3) is 1.00. The van der Waals surface area contributed by atoms with Gasteiger partial charge in [-0.15, -0.1) is 0 Å². The second-order valence-electron chi connectivity index (χ2n) is 4.87. The van der Waals surface area contributed by atoms with E-state index in [0.717, 1.165) is 19.0 Å². The first kappa shape index (κ1) is 13.0. The molecule has 2 fully saturated rings. The second kappa shape index (κ2) is 7.10.